The summed E-state index contributed by atoms with van der Waals surface area (Å²) in [7, 11) is 0. The average Bonchev–Trinajstić information content (AvgIpc) is 2.88. The highest BCUT2D eigenvalue weighted by Crippen LogP contribution is 2.23. The first-order chi connectivity index (χ1) is 10.3. The van der Waals surface area contributed by atoms with Crippen LogP contribution in [0.25, 0.3) is 0 Å². The second-order valence-corrected chi connectivity index (χ2v) is 6.08. The number of amides is 1. The SMILES string of the molecule is O=C(c1ccc(Cl)cc1I)N(Cc1ccco1)CC(F)(F)F. The number of carbonyl (C=O) groups excluding carboxylic acids is 1. The summed E-state index contributed by atoms with van der Waals surface area (Å²) in [5.41, 5.74) is 0.167. The minimum atomic E-state index is -4.50. The zero-order valence-electron chi connectivity index (χ0n) is 11.0. The maximum Gasteiger partial charge on any atom is 0.406 e. The van der Waals surface area contributed by atoms with Gasteiger partial charge in [-0.15, -0.1) is 0 Å². The van der Waals surface area contributed by atoms with Gasteiger partial charge in [0.1, 0.15) is 12.3 Å². The minimum absolute atomic E-state index is 0.167. The quantitative estimate of drug-likeness (QED) is 0.640. The molecule has 1 aromatic carbocycles. The van der Waals surface area contributed by atoms with E-state index in [0.717, 1.165) is 0 Å². The van der Waals surface area contributed by atoms with Gasteiger partial charge in [-0.05, 0) is 52.9 Å². The van der Waals surface area contributed by atoms with E-state index < -0.39 is 18.6 Å². The molecule has 0 bridgehead atoms. The van der Waals surface area contributed by atoms with Gasteiger partial charge in [-0.2, -0.15) is 13.2 Å². The molecule has 2 rings (SSSR count). The molecule has 118 valence electrons. The van der Waals surface area contributed by atoms with Crippen LogP contribution in [0.3, 0.4) is 0 Å². The summed E-state index contributed by atoms with van der Waals surface area (Å²) >= 11 is 7.66. The van der Waals surface area contributed by atoms with Crippen molar-refractivity contribution in [3.8, 4) is 0 Å². The third-order valence-corrected chi connectivity index (χ3v) is 3.87. The number of rotatable bonds is 4. The zero-order chi connectivity index (χ0) is 16.3. The van der Waals surface area contributed by atoms with Gasteiger partial charge in [0.05, 0.1) is 18.4 Å². The Morgan fingerprint density at radius 3 is 2.59 bits per heavy atom. The van der Waals surface area contributed by atoms with Crippen LogP contribution in [0, 0.1) is 3.57 Å². The zero-order valence-corrected chi connectivity index (χ0v) is 13.9. The molecule has 0 radical (unpaired) electrons. The molecule has 0 saturated heterocycles. The summed E-state index contributed by atoms with van der Waals surface area (Å²) in [6.45, 7) is -1.62. The van der Waals surface area contributed by atoms with E-state index >= 15 is 0 Å². The summed E-state index contributed by atoms with van der Waals surface area (Å²) in [6.07, 6.45) is -3.16. The number of hydrogen-bond acceptors (Lipinski definition) is 2. The fourth-order valence-electron chi connectivity index (χ4n) is 1.84. The molecular formula is C14H10ClF3INO2. The topological polar surface area (TPSA) is 33.5 Å². The smallest absolute Gasteiger partial charge is 0.406 e. The van der Waals surface area contributed by atoms with Crippen molar-refractivity contribution in [2.45, 2.75) is 12.7 Å². The number of benzene rings is 1. The van der Waals surface area contributed by atoms with E-state index in [1.165, 1.54) is 30.5 Å². The molecule has 0 spiro atoms. The van der Waals surface area contributed by atoms with Crippen molar-refractivity contribution in [3.05, 3.63) is 56.5 Å². The Morgan fingerprint density at radius 2 is 2.05 bits per heavy atom. The molecule has 0 aliphatic heterocycles. The Hall–Kier alpha value is -1.22. The molecule has 0 N–H and O–H groups in total. The molecule has 0 aliphatic carbocycles. The minimum Gasteiger partial charge on any atom is -0.467 e. The van der Waals surface area contributed by atoms with Crippen LogP contribution in [-0.4, -0.2) is 23.5 Å². The van der Waals surface area contributed by atoms with Crippen molar-refractivity contribution in [2.75, 3.05) is 6.54 Å². The summed E-state index contributed by atoms with van der Waals surface area (Å²) in [4.78, 5) is 13.1. The number of furan rings is 1. The molecule has 22 heavy (non-hydrogen) atoms. The van der Waals surface area contributed by atoms with Crippen molar-refractivity contribution < 1.29 is 22.4 Å². The van der Waals surface area contributed by atoms with Crippen LogP contribution in [0.15, 0.2) is 41.0 Å². The molecule has 0 fully saturated rings. The Morgan fingerprint density at radius 1 is 1.32 bits per heavy atom. The van der Waals surface area contributed by atoms with Crippen LogP contribution < -0.4 is 0 Å². The van der Waals surface area contributed by atoms with Crippen LogP contribution in [-0.2, 0) is 6.54 Å². The van der Waals surface area contributed by atoms with Gasteiger partial charge in [0.2, 0.25) is 0 Å². The van der Waals surface area contributed by atoms with E-state index in [1.54, 1.807) is 6.07 Å². The van der Waals surface area contributed by atoms with E-state index in [1.807, 2.05) is 22.6 Å². The number of alkyl halides is 3. The van der Waals surface area contributed by atoms with Crippen LogP contribution in [0.4, 0.5) is 13.2 Å². The first-order valence-corrected chi connectivity index (χ1v) is 7.55. The summed E-state index contributed by atoms with van der Waals surface area (Å²) < 4.78 is 43.7. The number of nitrogens with zero attached hydrogens (tertiary/aromatic N) is 1. The van der Waals surface area contributed by atoms with Gasteiger partial charge in [-0.25, -0.2) is 0 Å². The first kappa shape index (κ1) is 17.1. The van der Waals surface area contributed by atoms with Crippen LogP contribution in [0.5, 0.6) is 0 Å². The van der Waals surface area contributed by atoms with Crippen LogP contribution >= 0.6 is 34.2 Å². The number of hydrogen-bond donors (Lipinski definition) is 0. The molecule has 0 aliphatic rings. The molecule has 2 aromatic rings. The third-order valence-electron chi connectivity index (χ3n) is 2.75. The van der Waals surface area contributed by atoms with Crippen molar-refractivity contribution in [3.63, 3.8) is 0 Å². The third kappa shape index (κ3) is 4.64. The Labute approximate surface area is 143 Å². The lowest BCUT2D eigenvalue weighted by atomic mass is 10.2. The first-order valence-electron chi connectivity index (χ1n) is 6.10. The standard InChI is InChI=1S/C14H10ClF3INO2/c15-9-3-4-11(12(19)6-9)13(21)20(8-14(16,17)18)7-10-2-1-5-22-10/h1-6H,7-8H2. The molecule has 1 aromatic heterocycles. The predicted octanol–water partition coefficient (Wildman–Crippen LogP) is 4.74. The van der Waals surface area contributed by atoms with Crippen LogP contribution in [0.2, 0.25) is 5.02 Å². The van der Waals surface area contributed by atoms with E-state index in [2.05, 4.69) is 0 Å². The Bertz CT molecular complexity index is 659. The Balaban J connectivity index is 2.28. The molecule has 0 unspecified atom stereocenters. The van der Waals surface area contributed by atoms with Crippen molar-refractivity contribution in [2.24, 2.45) is 0 Å². The number of carbonyl (C=O) groups is 1. The monoisotopic (exact) mass is 443 g/mol. The molecule has 0 saturated carbocycles. The van der Waals surface area contributed by atoms with Gasteiger partial charge in [0.25, 0.3) is 5.91 Å². The second kappa shape index (κ2) is 6.91. The van der Waals surface area contributed by atoms with Gasteiger partial charge in [-0.1, -0.05) is 11.6 Å². The van der Waals surface area contributed by atoms with Gasteiger partial charge in [0, 0.05) is 8.59 Å². The highest BCUT2D eigenvalue weighted by molar-refractivity contribution is 14.1. The largest absolute Gasteiger partial charge is 0.467 e. The highest BCUT2D eigenvalue weighted by Gasteiger charge is 2.34. The molecular weight excluding hydrogens is 434 g/mol. The normalized spacial score (nSPS) is 11.5. The van der Waals surface area contributed by atoms with Crippen molar-refractivity contribution in [1.82, 2.24) is 4.90 Å². The summed E-state index contributed by atoms with van der Waals surface area (Å²) in [6, 6.07) is 7.47. The Kier molecular flexibility index (Phi) is 5.38. The van der Waals surface area contributed by atoms with Crippen molar-refractivity contribution >= 4 is 40.1 Å². The van der Waals surface area contributed by atoms with E-state index in [4.69, 9.17) is 16.0 Å². The fourth-order valence-corrected chi connectivity index (χ4v) is 2.94. The maximum atomic E-state index is 12.7. The van der Waals surface area contributed by atoms with Crippen molar-refractivity contribution in [1.29, 1.82) is 0 Å². The van der Waals surface area contributed by atoms with E-state index in [0.29, 0.717) is 13.5 Å². The molecule has 1 amide bonds. The lowest BCUT2D eigenvalue weighted by molar-refractivity contribution is -0.142. The second-order valence-electron chi connectivity index (χ2n) is 4.48. The predicted molar refractivity (Wildman–Crippen MR) is 83.7 cm³/mol. The van der Waals surface area contributed by atoms with E-state index in [-0.39, 0.29) is 17.9 Å². The summed E-state index contributed by atoms with van der Waals surface area (Å²) in [5.74, 6) is -0.448. The average molecular weight is 444 g/mol. The van der Waals surface area contributed by atoms with Gasteiger partial charge < -0.3 is 9.32 Å². The molecule has 3 nitrogen and oxygen atoms in total. The number of halogens is 5. The lowest BCUT2D eigenvalue weighted by Gasteiger charge is -2.23. The van der Waals surface area contributed by atoms with Crippen LogP contribution in [0.1, 0.15) is 16.1 Å². The van der Waals surface area contributed by atoms with Gasteiger partial charge in [0.15, 0.2) is 0 Å². The van der Waals surface area contributed by atoms with E-state index in [9.17, 15) is 18.0 Å². The maximum absolute atomic E-state index is 12.7. The van der Waals surface area contributed by atoms with Gasteiger partial charge >= 0.3 is 6.18 Å². The molecule has 1 heterocycles. The molecule has 8 heteroatoms. The molecule has 0 atom stereocenters. The summed E-state index contributed by atoms with van der Waals surface area (Å²) in [5, 5.41) is 0.411. The lowest BCUT2D eigenvalue weighted by Crippen LogP contribution is -2.38. The fraction of sp³-hybridized carbons (Fsp3) is 0.214. The highest BCUT2D eigenvalue weighted by atomic mass is 127. The van der Waals surface area contributed by atoms with Gasteiger partial charge in [-0.3, -0.25) is 4.79 Å².